The first kappa shape index (κ1) is 14.4. The van der Waals surface area contributed by atoms with Crippen LogP contribution >= 0.6 is 11.3 Å². The van der Waals surface area contributed by atoms with Gasteiger partial charge in [-0.1, -0.05) is 6.07 Å². The van der Waals surface area contributed by atoms with E-state index in [0.717, 1.165) is 28.7 Å². The molecule has 1 fully saturated rings. The minimum atomic E-state index is 0.472. The molecule has 5 heteroatoms. The molecule has 21 heavy (non-hydrogen) atoms. The van der Waals surface area contributed by atoms with Crippen molar-refractivity contribution in [1.29, 1.82) is 0 Å². The van der Waals surface area contributed by atoms with E-state index in [1.165, 1.54) is 18.4 Å². The average molecular weight is 304 g/mol. The van der Waals surface area contributed by atoms with Gasteiger partial charge in [0.25, 0.3) is 0 Å². The first-order chi connectivity index (χ1) is 10.2. The van der Waals surface area contributed by atoms with Gasteiger partial charge in [-0.15, -0.1) is 11.3 Å². The smallest absolute Gasteiger partial charge is 0.162 e. The maximum absolute atomic E-state index is 5.88. The Morgan fingerprint density at radius 1 is 1.33 bits per heavy atom. The number of thiazole rings is 1. The molecule has 2 aromatic rings. The zero-order valence-electron chi connectivity index (χ0n) is 12.4. The molecule has 0 unspecified atom stereocenters. The monoisotopic (exact) mass is 304 g/mol. The van der Waals surface area contributed by atoms with E-state index >= 15 is 0 Å². The number of aryl methyl sites for hydroxylation is 1. The summed E-state index contributed by atoms with van der Waals surface area (Å²) in [6, 6.07) is 6.79. The third kappa shape index (κ3) is 3.95. The van der Waals surface area contributed by atoms with Crippen LogP contribution in [-0.4, -0.2) is 18.1 Å². The van der Waals surface area contributed by atoms with Gasteiger partial charge in [0.1, 0.15) is 6.61 Å². The van der Waals surface area contributed by atoms with Crippen molar-refractivity contribution in [3.8, 4) is 11.5 Å². The molecule has 1 N–H and O–H groups in total. The number of aromatic nitrogens is 1. The molecular formula is C16H20N2O2S. The number of hydrogen-bond donors (Lipinski definition) is 1. The van der Waals surface area contributed by atoms with E-state index in [2.05, 4.69) is 16.4 Å². The molecule has 0 bridgehead atoms. The number of ether oxygens (including phenoxy) is 2. The molecule has 1 aromatic heterocycles. The van der Waals surface area contributed by atoms with Crippen LogP contribution < -0.4 is 14.8 Å². The van der Waals surface area contributed by atoms with Crippen molar-refractivity contribution >= 4 is 11.3 Å². The van der Waals surface area contributed by atoms with E-state index in [9.17, 15) is 0 Å². The second-order valence-electron chi connectivity index (χ2n) is 5.29. The predicted molar refractivity (Wildman–Crippen MR) is 84.0 cm³/mol. The summed E-state index contributed by atoms with van der Waals surface area (Å²) in [7, 11) is 1.66. The fraction of sp³-hybridized carbons (Fsp3) is 0.438. The summed E-state index contributed by atoms with van der Waals surface area (Å²) in [5.41, 5.74) is 2.17. The molecule has 4 nitrogen and oxygen atoms in total. The lowest BCUT2D eigenvalue weighted by atomic mass is 10.2. The normalized spacial score (nSPS) is 14.2. The van der Waals surface area contributed by atoms with Gasteiger partial charge in [-0.3, -0.25) is 0 Å². The molecule has 0 radical (unpaired) electrons. The third-order valence-electron chi connectivity index (χ3n) is 3.44. The molecule has 3 rings (SSSR count). The van der Waals surface area contributed by atoms with Gasteiger partial charge >= 0.3 is 0 Å². The number of hydrogen-bond acceptors (Lipinski definition) is 5. The van der Waals surface area contributed by atoms with Gasteiger partial charge in [0.2, 0.25) is 0 Å². The van der Waals surface area contributed by atoms with Crippen molar-refractivity contribution in [2.45, 2.75) is 39.0 Å². The van der Waals surface area contributed by atoms with Crippen LogP contribution in [0.3, 0.4) is 0 Å². The van der Waals surface area contributed by atoms with E-state index in [4.69, 9.17) is 9.47 Å². The summed E-state index contributed by atoms with van der Waals surface area (Å²) in [6.45, 7) is 3.35. The minimum Gasteiger partial charge on any atom is -0.493 e. The Hall–Kier alpha value is -1.59. The number of methoxy groups -OCH3 is 1. The molecule has 0 atom stereocenters. The van der Waals surface area contributed by atoms with Gasteiger partial charge in [0.05, 0.1) is 17.8 Å². The van der Waals surface area contributed by atoms with Crippen molar-refractivity contribution in [2.75, 3.05) is 7.11 Å². The van der Waals surface area contributed by atoms with E-state index in [0.29, 0.717) is 12.6 Å². The molecule has 112 valence electrons. The fourth-order valence-electron chi connectivity index (χ4n) is 2.12. The SMILES string of the molecule is COc1ccc(CNC2CC2)cc1OCc1csc(C)n1. The minimum absolute atomic E-state index is 0.472. The number of rotatable bonds is 7. The Balaban J connectivity index is 1.66. The van der Waals surface area contributed by atoms with Crippen LogP contribution in [0.15, 0.2) is 23.6 Å². The van der Waals surface area contributed by atoms with Crippen LogP contribution in [0.4, 0.5) is 0 Å². The summed E-state index contributed by atoms with van der Waals surface area (Å²) in [5.74, 6) is 1.54. The van der Waals surface area contributed by atoms with Gasteiger partial charge in [0.15, 0.2) is 11.5 Å². The topological polar surface area (TPSA) is 43.4 Å². The molecule has 1 aromatic carbocycles. The van der Waals surface area contributed by atoms with Crippen LogP contribution in [0.1, 0.15) is 29.1 Å². The lowest BCUT2D eigenvalue weighted by Gasteiger charge is -2.12. The fourth-order valence-corrected chi connectivity index (χ4v) is 2.72. The molecule has 0 aliphatic heterocycles. The van der Waals surface area contributed by atoms with Gasteiger partial charge in [-0.05, 0) is 37.5 Å². The molecule has 1 saturated carbocycles. The van der Waals surface area contributed by atoms with Crippen molar-refractivity contribution < 1.29 is 9.47 Å². The molecule has 0 spiro atoms. The van der Waals surface area contributed by atoms with Crippen molar-refractivity contribution in [3.05, 3.63) is 39.8 Å². The van der Waals surface area contributed by atoms with Gasteiger partial charge < -0.3 is 14.8 Å². The summed E-state index contributed by atoms with van der Waals surface area (Å²) >= 11 is 1.64. The van der Waals surface area contributed by atoms with E-state index in [1.807, 2.05) is 24.4 Å². The standard InChI is InChI=1S/C16H20N2O2S/c1-11-18-14(10-21-11)9-20-16-7-12(3-6-15(16)19-2)8-17-13-4-5-13/h3,6-7,10,13,17H,4-5,8-9H2,1-2H3. The second-order valence-corrected chi connectivity index (χ2v) is 6.35. The first-order valence-corrected chi connectivity index (χ1v) is 8.06. The van der Waals surface area contributed by atoms with Crippen LogP contribution in [0.2, 0.25) is 0 Å². The van der Waals surface area contributed by atoms with Crippen molar-refractivity contribution in [2.24, 2.45) is 0 Å². The Kier molecular flexibility index (Phi) is 4.41. The van der Waals surface area contributed by atoms with Crippen LogP contribution in [0.5, 0.6) is 11.5 Å². The van der Waals surface area contributed by atoms with Gasteiger partial charge in [-0.2, -0.15) is 0 Å². The number of benzene rings is 1. The molecule has 1 heterocycles. The highest BCUT2D eigenvalue weighted by molar-refractivity contribution is 7.09. The lowest BCUT2D eigenvalue weighted by molar-refractivity contribution is 0.281. The highest BCUT2D eigenvalue weighted by atomic mass is 32.1. The molecule has 1 aliphatic rings. The number of nitrogens with zero attached hydrogens (tertiary/aromatic N) is 1. The molecular weight excluding hydrogens is 284 g/mol. The average Bonchev–Trinajstić information content (AvgIpc) is 3.24. The van der Waals surface area contributed by atoms with Gasteiger partial charge in [-0.25, -0.2) is 4.98 Å². The highest BCUT2D eigenvalue weighted by Crippen LogP contribution is 2.29. The summed E-state index contributed by atoms with van der Waals surface area (Å²) in [5, 5.41) is 6.59. The Morgan fingerprint density at radius 3 is 2.86 bits per heavy atom. The van der Waals surface area contributed by atoms with E-state index < -0.39 is 0 Å². The lowest BCUT2D eigenvalue weighted by Crippen LogP contribution is -2.15. The first-order valence-electron chi connectivity index (χ1n) is 7.18. The third-order valence-corrected chi connectivity index (χ3v) is 4.26. The summed E-state index contributed by atoms with van der Waals surface area (Å²) in [6.07, 6.45) is 2.59. The quantitative estimate of drug-likeness (QED) is 0.852. The van der Waals surface area contributed by atoms with Crippen LogP contribution in [0, 0.1) is 6.92 Å². The number of nitrogens with one attached hydrogen (secondary N) is 1. The van der Waals surface area contributed by atoms with Crippen molar-refractivity contribution in [3.63, 3.8) is 0 Å². The Labute approximate surface area is 129 Å². The van der Waals surface area contributed by atoms with Crippen molar-refractivity contribution in [1.82, 2.24) is 10.3 Å². The Morgan fingerprint density at radius 2 is 2.19 bits per heavy atom. The maximum Gasteiger partial charge on any atom is 0.162 e. The van der Waals surface area contributed by atoms with Crippen LogP contribution in [-0.2, 0) is 13.2 Å². The molecule has 0 saturated heterocycles. The van der Waals surface area contributed by atoms with E-state index in [1.54, 1.807) is 18.4 Å². The van der Waals surface area contributed by atoms with E-state index in [-0.39, 0.29) is 0 Å². The predicted octanol–water partition coefficient (Wildman–Crippen LogP) is 3.29. The Bertz CT molecular complexity index is 608. The van der Waals surface area contributed by atoms with Crippen LogP contribution in [0.25, 0.3) is 0 Å². The maximum atomic E-state index is 5.88. The highest BCUT2D eigenvalue weighted by Gasteiger charge is 2.20. The molecule has 1 aliphatic carbocycles. The zero-order chi connectivity index (χ0) is 14.7. The summed E-state index contributed by atoms with van der Waals surface area (Å²) in [4.78, 5) is 4.41. The second kappa shape index (κ2) is 6.45. The van der Waals surface area contributed by atoms with Gasteiger partial charge in [0, 0.05) is 18.0 Å². The summed E-state index contributed by atoms with van der Waals surface area (Å²) < 4.78 is 11.3. The largest absolute Gasteiger partial charge is 0.493 e. The molecule has 0 amide bonds. The zero-order valence-corrected chi connectivity index (χ0v) is 13.2.